The van der Waals surface area contributed by atoms with Crippen molar-refractivity contribution in [2.75, 3.05) is 7.05 Å². The molecule has 0 N–H and O–H groups in total. The normalized spacial score (nSPS) is 11.1. The van der Waals surface area contributed by atoms with Crippen LogP contribution in [0.15, 0.2) is 33.8 Å². The Morgan fingerprint density at radius 1 is 1.27 bits per heavy atom. The Kier molecular flexibility index (Phi) is 4.88. The van der Waals surface area contributed by atoms with Crippen LogP contribution in [-0.4, -0.2) is 32.6 Å². The number of rotatable bonds is 5. The van der Waals surface area contributed by atoms with Crippen molar-refractivity contribution >= 4 is 16.8 Å². The quantitative estimate of drug-likeness (QED) is 0.702. The second kappa shape index (κ2) is 7.11. The van der Waals surface area contributed by atoms with E-state index in [2.05, 4.69) is 10.1 Å². The first kappa shape index (κ1) is 17.8. The molecule has 3 aromatic rings. The topological polar surface area (TPSA) is 81.2 Å². The average molecular weight is 354 g/mol. The van der Waals surface area contributed by atoms with Gasteiger partial charge in [-0.25, -0.2) is 4.98 Å². The lowest BCUT2D eigenvalue weighted by Crippen LogP contribution is -2.29. The first-order valence-electron chi connectivity index (χ1n) is 8.49. The molecule has 3 rings (SSSR count). The zero-order chi connectivity index (χ0) is 18.8. The summed E-state index contributed by atoms with van der Waals surface area (Å²) in [5.74, 6) is 0.661. The minimum absolute atomic E-state index is 0.0544. The first-order valence-corrected chi connectivity index (χ1v) is 8.49. The van der Waals surface area contributed by atoms with Crippen molar-refractivity contribution in [3.63, 3.8) is 0 Å². The van der Waals surface area contributed by atoms with E-state index in [1.54, 1.807) is 18.0 Å². The maximum absolute atomic E-state index is 12.6. The van der Waals surface area contributed by atoms with Gasteiger partial charge in [0.1, 0.15) is 5.76 Å². The highest BCUT2D eigenvalue weighted by Crippen LogP contribution is 2.15. The summed E-state index contributed by atoms with van der Waals surface area (Å²) in [6, 6.07) is 5.53. The Hall–Kier alpha value is -2.96. The summed E-state index contributed by atoms with van der Waals surface area (Å²) >= 11 is 0. The number of aryl methyl sites for hydroxylation is 4. The molecule has 0 saturated heterocycles. The second-order valence-corrected chi connectivity index (χ2v) is 6.52. The third kappa shape index (κ3) is 3.37. The monoisotopic (exact) mass is 354 g/mol. The van der Waals surface area contributed by atoms with Crippen molar-refractivity contribution in [3.05, 3.63) is 57.5 Å². The van der Waals surface area contributed by atoms with Crippen LogP contribution in [0.4, 0.5) is 0 Å². The Balaban J connectivity index is 1.70. The van der Waals surface area contributed by atoms with Crippen molar-refractivity contribution in [1.82, 2.24) is 19.6 Å². The second-order valence-electron chi connectivity index (χ2n) is 6.52. The molecule has 0 unspecified atom stereocenters. The molecule has 2 heterocycles. The molecule has 1 aromatic carbocycles. The molecule has 136 valence electrons. The zero-order valence-electron chi connectivity index (χ0n) is 15.4. The van der Waals surface area contributed by atoms with Gasteiger partial charge in [0.15, 0.2) is 0 Å². The molecule has 7 heteroatoms. The number of nitrogens with zero attached hydrogens (tertiary/aromatic N) is 4. The lowest BCUT2D eigenvalue weighted by molar-refractivity contribution is -0.130. The number of amides is 1. The van der Waals surface area contributed by atoms with E-state index in [4.69, 9.17) is 4.52 Å². The number of aromatic nitrogens is 3. The van der Waals surface area contributed by atoms with Crippen molar-refractivity contribution in [2.45, 2.75) is 40.3 Å². The standard InChI is InChI=1S/C19H22N4O3/c1-12-6-5-7-15-18(12)20-11-23(19(15)25)9-8-17(24)22(4)10-16-13(2)21-26-14(16)3/h5-7,11H,8-10H2,1-4H3. The molecule has 0 bridgehead atoms. The molecule has 0 radical (unpaired) electrons. The van der Waals surface area contributed by atoms with Crippen LogP contribution in [0.1, 0.15) is 29.0 Å². The van der Waals surface area contributed by atoms with Crippen LogP contribution in [-0.2, 0) is 17.9 Å². The van der Waals surface area contributed by atoms with E-state index in [-0.39, 0.29) is 17.9 Å². The zero-order valence-corrected chi connectivity index (χ0v) is 15.4. The summed E-state index contributed by atoms with van der Waals surface area (Å²) in [7, 11) is 1.74. The molecule has 2 aromatic heterocycles. The van der Waals surface area contributed by atoms with Gasteiger partial charge in [0.25, 0.3) is 5.56 Å². The van der Waals surface area contributed by atoms with E-state index in [1.165, 1.54) is 10.9 Å². The van der Waals surface area contributed by atoms with Crippen LogP contribution in [0, 0.1) is 20.8 Å². The summed E-state index contributed by atoms with van der Waals surface area (Å²) in [4.78, 5) is 31.0. The molecule has 0 fully saturated rings. The third-order valence-corrected chi connectivity index (χ3v) is 4.62. The molecule has 0 spiro atoms. The van der Waals surface area contributed by atoms with Gasteiger partial charge in [-0.3, -0.25) is 14.2 Å². The first-order chi connectivity index (χ1) is 12.4. The molecular weight excluding hydrogens is 332 g/mol. The SMILES string of the molecule is Cc1noc(C)c1CN(C)C(=O)CCn1cnc2c(C)cccc2c1=O. The minimum Gasteiger partial charge on any atom is -0.361 e. The molecule has 26 heavy (non-hydrogen) atoms. The Morgan fingerprint density at radius 3 is 2.73 bits per heavy atom. The van der Waals surface area contributed by atoms with Crippen molar-refractivity contribution in [1.29, 1.82) is 0 Å². The van der Waals surface area contributed by atoms with Gasteiger partial charge in [-0.15, -0.1) is 0 Å². The van der Waals surface area contributed by atoms with E-state index >= 15 is 0 Å². The fourth-order valence-electron chi connectivity index (χ4n) is 2.96. The summed E-state index contributed by atoms with van der Waals surface area (Å²) in [5, 5.41) is 4.48. The molecule has 0 aliphatic carbocycles. The molecular formula is C19H22N4O3. The molecule has 0 aliphatic heterocycles. The molecule has 7 nitrogen and oxygen atoms in total. The van der Waals surface area contributed by atoms with E-state index in [9.17, 15) is 9.59 Å². The van der Waals surface area contributed by atoms with E-state index < -0.39 is 0 Å². The fraction of sp³-hybridized carbons (Fsp3) is 0.368. The highest BCUT2D eigenvalue weighted by molar-refractivity contribution is 5.80. The lowest BCUT2D eigenvalue weighted by Gasteiger charge is -2.17. The predicted octanol–water partition coefficient (Wildman–Crippen LogP) is 2.36. The van der Waals surface area contributed by atoms with Crippen LogP contribution in [0.5, 0.6) is 0 Å². The number of para-hydroxylation sites is 1. The van der Waals surface area contributed by atoms with E-state index in [0.717, 1.165) is 16.8 Å². The third-order valence-electron chi connectivity index (χ3n) is 4.62. The van der Waals surface area contributed by atoms with Crippen molar-refractivity contribution < 1.29 is 9.32 Å². The predicted molar refractivity (Wildman–Crippen MR) is 97.8 cm³/mol. The Morgan fingerprint density at radius 2 is 2.04 bits per heavy atom. The summed E-state index contributed by atoms with van der Waals surface area (Å²) in [6.07, 6.45) is 1.73. The van der Waals surface area contributed by atoms with Gasteiger partial charge in [0.05, 0.1) is 29.5 Å². The fourth-order valence-corrected chi connectivity index (χ4v) is 2.96. The maximum atomic E-state index is 12.6. The van der Waals surface area contributed by atoms with Crippen LogP contribution in [0.2, 0.25) is 0 Å². The Bertz CT molecular complexity index is 1000. The number of carbonyl (C=O) groups is 1. The molecule has 0 saturated carbocycles. The smallest absolute Gasteiger partial charge is 0.261 e. The van der Waals surface area contributed by atoms with Crippen molar-refractivity contribution in [3.8, 4) is 0 Å². The highest BCUT2D eigenvalue weighted by Gasteiger charge is 2.16. The van der Waals surface area contributed by atoms with Gasteiger partial charge in [0.2, 0.25) is 5.91 Å². The number of carbonyl (C=O) groups excluding carboxylic acids is 1. The molecule has 0 aliphatic rings. The van der Waals surface area contributed by atoms with Crippen LogP contribution < -0.4 is 5.56 Å². The van der Waals surface area contributed by atoms with Crippen LogP contribution in [0.3, 0.4) is 0 Å². The molecule has 0 atom stereocenters. The average Bonchev–Trinajstić information content (AvgIpc) is 2.93. The van der Waals surface area contributed by atoms with Crippen molar-refractivity contribution in [2.24, 2.45) is 0 Å². The van der Waals surface area contributed by atoms with Gasteiger partial charge in [-0.2, -0.15) is 0 Å². The van der Waals surface area contributed by atoms with Gasteiger partial charge >= 0.3 is 0 Å². The summed E-state index contributed by atoms with van der Waals surface area (Å²) in [6.45, 7) is 6.33. The van der Waals surface area contributed by atoms with Gasteiger partial charge in [0, 0.05) is 25.6 Å². The lowest BCUT2D eigenvalue weighted by atomic mass is 10.1. The van der Waals surface area contributed by atoms with E-state index in [0.29, 0.717) is 29.8 Å². The summed E-state index contributed by atoms with van der Waals surface area (Å²) < 4.78 is 6.62. The molecule has 1 amide bonds. The number of benzene rings is 1. The van der Waals surface area contributed by atoms with Crippen LogP contribution in [0.25, 0.3) is 10.9 Å². The van der Waals surface area contributed by atoms with E-state index in [1.807, 2.05) is 32.9 Å². The Labute approximate surface area is 151 Å². The largest absolute Gasteiger partial charge is 0.361 e. The maximum Gasteiger partial charge on any atom is 0.261 e. The number of hydrogen-bond donors (Lipinski definition) is 0. The van der Waals surface area contributed by atoms with Gasteiger partial charge in [-0.1, -0.05) is 17.3 Å². The number of fused-ring (bicyclic) bond motifs is 1. The van der Waals surface area contributed by atoms with Gasteiger partial charge < -0.3 is 9.42 Å². The van der Waals surface area contributed by atoms with Gasteiger partial charge in [-0.05, 0) is 32.4 Å². The van der Waals surface area contributed by atoms with Crippen LogP contribution >= 0.6 is 0 Å². The number of hydrogen-bond acceptors (Lipinski definition) is 5. The minimum atomic E-state index is -0.125. The summed E-state index contributed by atoms with van der Waals surface area (Å²) in [5.41, 5.74) is 3.24. The highest BCUT2D eigenvalue weighted by atomic mass is 16.5.